The maximum absolute atomic E-state index is 11.8. The molecular weight excluding hydrogens is 310 g/mol. The first kappa shape index (κ1) is 13.6. The van der Waals surface area contributed by atoms with Crippen LogP contribution in [0.5, 0.6) is 0 Å². The number of amides is 1. The average Bonchev–Trinajstić information content (AvgIpc) is 2.60. The summed E-state index contributed by atoms with van der Waals surface area (Å²) in [6, 6.07) is 3.15. The van der Waals surface area contributed by atoms with Gasteiger partial charge in [0, 0.05) is 6.07 Å². The van der Waals surface area contributed by atoms with Crippen LogP contribution in [0.25, 0.3) is 0 Å². The van der Waals surface area contributed by atoms with Crippen LogP contribution in [0.3, 0.4) is 0 Å². The van der Waals surface area contributed by atoms with Crippen molar-refractivity contribution in [2.45, 2.75) is 19.4 Å². The Balaban J connectivity index is 3.06. The smallest absolute Gasteiger partial charge is 0.294 e. The van der Waals surface area contributed by atoms with E-state index in [4.69, 9.17) is 5.26 Å². The van der Waals surface area contributed by atoms with Crippen LogP contribution >= 0.6 is 27.3 Å². The van der Waals surface area contributed by atoms with Gasteiger partial charge in [-0.05, 0) is 29.8 Å². The molecule has 0 aliphatic heterocycles. The van der Waals surface area contributed by atoms with Gasteiger partial charge in [-0.25, -0.2) is 0 Å². The van der Waals surface area contributed by atoms with Crippen molar-refractivity contribution in [3.05, 3.63) is 24.8 Å². The number of carbonyl (C=O) groups excluding carboxylic acids is 1. The van der Waals surface area contributed by atoms with Crippen molar-refractivity contribution in [2.75, 3.05) is 0 Å². The minimum atomic E-state index is -1.07. The van der Waals surface area contributed by atoms with Crippen molar-refractivity contribution in [2.24, 2.45) is 0 Å². The highest BCUT2D eigenvalue weighted by molar-refractivity contribution is 9.11. The van der Waals surface area contributed by atoms with Gasteiger partial charge >= 0.3 is 0 Å². The standard InChI is InChI=1S/C9H8BrN3O3S/c1-9(2,4-11)12-8(14)7-5(13(15)16)3-6(10)17-7/h3H,1-2H3,(H,12,14). The Morgan fingerprint density at radius 2 is 2.29 bits per heavy atom. The maximum Gasteiger partial charge on any atom is 0.294 e. The third-order valence-electron chi connectivity index (χ3n) is 1.79. The predicted molar refractivity (Wildman–Crippen MR) is 65.8 cm³/mol. The fraction of sp³-hybridized carbons (Fsp3) is 0.333. The lowest BCUT2D eigenvalue weighted by Crippen LogP contribution is -2.41. The number of halogens is 1. The molecule has 1 amide bonds. The summed E-state index contributed by atoms with van der Waals surface area (Å²) >= 11 is 4.04. The zero-order valence-corrected chi connectivity index (χ0v) is 11.4. The normalized spacial score (nSPS) is 10.7. The zero-order chi connectivity index (χ0) is 13.2. The molecule has 0 atom stereocenters. The van der Waals surface area contributed by atoms with Crippen molar-refractivity contribution in [1.29, 1.82) is 5.26 Å². The number of thiophene rings is 1. The van der Waals surface area contributed by atoms with E-state index in [9.17, 15) is 14.9 Å². The van der Waals surface area contributed by atoms with E-state index in [1.54, 1.807) is 0 Å². The second-order valence-electron chi connectivity index (χ2n) is 3.71. The molecule has 0 aliphatic rings. The molecule has 6 nitrogen and oxygen atoms in total. The summed E-state index contributed by atoms with van der Waals surface area (Å²) < 4.78 is 0.490. The Hall–Kier alpha value is -1.46. The number of nitrogens with one attached hydrogen (secondary N) is 1. The number of nitrogens with zero attached hydrogens (tertiary/aromatic N) is 2. The summed E-state index contributed by atoms with van der Waals surface area (Å²) in [5.74, 6) is -0.626. The molecule has 0 bridgehead atoms. The SMILES string of the molecule is CC(C)(C#N)NC(=O)c1sc(Br)cc1[N+](=O)[O-]. The monoisotopic (exact) mass is 317 g/mol. The highest BCUT2D eigenvalue weighted by Crippen LogP contribution is 2.32. The summed E-state index contributed by atoms with van der Waals surface area (Å²) in [6.07, 6.45) is 0. The van der Waals surface area contributed by atoms with E-state index in [-0.39, 0.29) is 10.6 Å². The van der Waals surface area contributed by atoms with Gasteiger partial charge in [-0.1, -0.05) is 0 Å². The molecule has 1 heterocycles. The lowest BCUT2D eigenvalue weighted by molar-refractivity contribution is -0.384. The second kappa shape index (κ2) is 4.81. The molecule has 0 aromatic carbocycles. The van der Waals surface area contributed by atoms with Gasteiger partial charge in [-0.15, -0.1) is 11.3 Å². The van der Waals surface area contributed by atoms with Crippen LogP contribution in [-0.4, -0.2) is 16.4 Å². The Labute approximate surface area is 110 Å². The van der Waals surface area contributed by atoms with Crippen molar-refractivity contribution in [3.8, 4) is 6.07 Å². The van der Waals surface area contributed by atoms with E-state index in [1.807, 2.05) is 6.07 Å². The van der Waals surface area contributed by atoms with Gasteiger partial charge < -0.3 is 5.32 Å². The van der Waals surface area contributed by atoms with Gasteiger partial charge in [-0.3, -0.25) is 14.9 Å². The summed E-state index contributed by atoms with van der Waals surface area (Å²) in [5.41, 5.74) is -1.34. The quantitative estimate of drug-likeness (QED) is 0.684. The fourth-order valence-corrected chi connectivity index (χ4v) is 2.47. The third kappa shape index (κ3) is 3.25. The average molecular weight is 318 g/mol. The molecule has 1 N–H and O–H groups in total. The maximum atomic E-state index is 11.8. The second-order valence-corrected chi connectivity index (χ2v) is 6.14. The Morgan fingerprint density at radius 3 is 2.76 bits per heavy atom. The molecule has 0 saturated carbocycles. The Bertz CT molecular complexity index is 518. The van der Waals surface area contributed by atoms with Crippen molar-refractivity contribution < 1.29 is 9.72 Å². The summed E-state index contributed by atoms with van der Waals surface area (Å²) in [5, 5.41) is 21.9. The number of hydrogen-bond acceptors (Lipinski definition) is 5. The van der Waals surface area contributed by atoms with Crippen LogP contribution in [0.1, 0.15) is 23.5 Å². The lowest BCUT2D eigenvalue weighted by Gasteiger charge is -2.16. The fourth-order valence-electron chi connectivity index (χ4n) is 1.02. The Morgan fingerprint density at radius 1 is 1.71 bits per heavy atom. The number of nitro groups is 1. The predicted octanol–water partition coefficient (Wildman–Crippen LogP) is 2.45. The van der Waals surface area contributed by atoms with Crippen LogP contribution in [-0.2, 0) is 0 Å². The summed E-state index contributed by atoms with van der Waals surface area (Å²) in [7, 11) is 0. The molecule has 0 aliphatic carbocycles. The van der Waals surface area contributed by atoms with E-state index in [0.717, 1.165) is 11.3 Å². The van der Waals surface area contributed by atoms with Crippen molar-refractivity contribution in [3.63, 3.8) is 0 Å². The lowest BCUT2D eigenvalue weighted by atomic mass is 10.1. The van der Waals surface area contributed by atoms with Crippen LogP contribution in [0.15, 0.2) is 9.85 Å². The van der Waals surface area contributed by atoms with E-state index in [1.165, 1.54) is 19.9 Å². The molecule has 90 valence electrons. The topological polar surface area (TPSA) is 96.0 Å². The molecule has 0 saturated heterocycles. The first-order valence-electron chi connectivity index (χ1n) is 4.44. The van der Waals surface area contributed by atoms with E-state index in [0.29, 0.717) is 3.79 Å². The number of hydrogen-bond donors (Lipinski definition) is 1. The van der Waals surface area contributed by atoms with Crippen LogP contribution < -0.4 is 5.32 Å². The Kier molecular flexibility index (Phi) is 3.85. The first-order valence-corrected chi connectivity index (χ1v) is 6.05. The summed E-state index contributed by atoms with van der Waals surface area (Å²) in [6.45, 7) is 3.03. The minimum absolute atomic E-state index is 0.0230. The van der Waals surface area contributed by atoms with Gasteiger partial charge in [0.1, 0.15) is 5.54 Å². The number of carbonyl (C=O) groups is 1. The molecule has 0 fully saturated rings. The van der Waals surface area contributed by atoms with Gasteiger partial charge in [0.15, 0.2) is 4.88 Å². The molecule has 0 radical (unpaired) electrons. The molecule has 0 spiro atoms. The minimum Gasteiger partial charge on any atom is -0.333 e. The molecule has 1 aromatic rings. The molecule has 8 heteroatoms. The summed E-state index contributed by atoms with van der Waals surface area (Å²) in [4.78, 5) is 21.8. The van der Waals surface area contributed by atoms with Gasteiger partial charge in [0.05, 0.1) is 14.8 Å². The molecule has 1 aromatic heterocycles. The van der Waals surface area contributed by atoms with E-state index >= 15 is 0 Å². The molecule has 0 unspecified atom stereocenters. The van der Waals surface area contributed by atoms with Crippen molar-refractivity contribution >= 4 is 38.9 Å². The van der Waals surface area contributed by atoms with Crippen LogP contribution in [0.4, 0.5) is 5.69 Å². The highest BCUT2D eigenvalue weighted by Gasteiger charge is 2.28. The van der Waals surface area contributed by atoms with E-state index < -0.39 is 16.4 Å². The van der Waals surface area contributed by atoms with Crippen LogP contribution in [0, 0.1) is 21.4 Å². The van der Waals surface area contributed by atoms with Gasteiger partial charge in [0.2, 0.25) is 0 Å². The first-order chi connectivity index (χ1) is 7.76. The van der Waals surface area contributed by atoms with Gasteiger partial charge in [-0.2, -0.15) is 5.26 Å². The van der Waals surface area contributed by atoms with E-state index in [2.05, 4.69) is 21.2 Å². The number of nitriles is 1. The molecule has 1 rings (SSSR count). The molecular formula is C9H8BrN3O3S. The largest absolute Gasteiger partial charge is 0.333 e. The third-order valence-corrected chi connectivity index (χ3v) is 3.42. The van der Waals surface area contributed by atoms with Crippen LogP contribution in [0.2, 0.25) is 0 Å². The zero-order valence-electron chi connectivity index (χ0n) is 8.98. The van der Waals surface area contributed by atoms with Crippen molar-refractivity contribution in [1.82, 2.24) is 5.32 Å². The van der Waals surface area contributed by atoms with Gasteiger partial charge in [0.25, 0.3) is 11.6 Å². The highest BCUT2D eigenvalue weighted by atomic mass is 79.9. The number of rotatable bonds is 3. The molecule has 17 heavy (non-hydrogen) atoms.